The highest BCUT2D eigenvalue weighted by atomic mass is 16.4. The predicted molar refractivity (Wildman–Crippen MR) is 75.0 cm³/mol. The van der Waals surface area contributed by atoms with E-state index in [1.165, 1.54) is 0 Å². The zero-order chi connectivity index (χ0) is 13.6. The number of amidine groups is 1. The van der Waals surface area contributed by atoms with Crippen LogP contribution in [0.5, 0.6) is 0 Å². The van der Waals surface area contributed by atoms with Crippen molar-refractivity contribution in [3.05, 3.63) is 0 Å². The topological polar surface area (TPSA) is 65.1 Å². The summed E-state index contributed by atoms with van der Waals surface area (Å²) in [4.78, 5) is 4.92. The molecule has 0 aliphatic carbocycles. The van der Waals surface area contributed by atoms with E-state index in [0.717, 1.165) is 52.1 Å². The fourth-order valence-corrected chi connectivity index (χ4v) is 2.47. The summed E-state index contributed by atoms with van der Waals surface area (Å²) in [5, 5.41) is 12.0. The van der Waals surface area contributed by atoms with Gasteiger partial charge in [0.1, 0.15) is 5.84 Å². The Morgan fingerprint density at radius 3 is 2.33 bits per heavy atom. The van der Waals surface area contributed by atoms with Gasteiger partial charge in [-0.05, 0) is 39.0 Å². The van der Waals surface area contributed by atoms with Gasteiger partial charge >= 0.3 is 0 Å². The molecular formula is C13H28N4O. The van der Waals surface area contributed by atoms with Crippen molar-refractivity contribution in [1.29, 1.82) is 0 Å². The maximum atomic E-state index is 8.80. The van der Waals surface area contributed by atoms with Crippen LogP contribution < -0.4 is 5.73 Å². The summed E-state index contributed by atoms with van der Waals surface area (Å²) in [5.74, 6) is 0.380. The molecule has 1 fully saturated rings. The second-order valence-corrected chi connectivity index (χ2v) is 5.41. The monoisotopic (exact) mass is 256 g/mol. The molecule has 1 aliphatic heterocycles. The van der Waals surface area contributed by atoms with Gasteiger partial charge in [-0.15, -0.1) is 0 Å². The van der Waals surface area contributed by atoms with Crippen LogP contribution in [0.2, 0.25) is 0 Å². The van der Waals surface area contributed by atoms with Crippen LogP contribution in [0.4, 0.5) is 0 Å². The third kappa shape index (κ3) is 3.85. The summed E-state index contributed by atoms with van der Waals surface area (Å²) in [7, 11) is 0. The molecule has 18 heavy (non-hydrogen) atoms. The van der Waals surface area contributed by atoms with E-state index in [2.05, 4.69) is 35.7 Å². The molecule has 1 saturated heterocycles. The predicted octanol–water partition coefficient (Wildman–Crippen LogP) is 1.18. The van der Waals surface area contributed by atoms with Crippen LogP contribution in [0.15, 0.2) is 5.16 Å². The fourth-order valence-electron chi connectivity index (χ4n) is 2.47. The van der Waals surface area contributed by atoms with E-state index in [1.54, 1.807) is 0 Å². The van der Waals surface area contributed by atoms with Crippen molar-refractivity contribution in [2.45, 2.75) is 33.6 Å². The van der Waals surface area contributed by atoms with Gasteiger partial charge in [0.05, 0.1) is 0 Å². The smallest absolute Gasteiger partial charge is 0.145 e. The number of likely N-dealkylation sites (tertiary alicyclic amines) is 1. The minimum absolute atomic E-state index is 0.125. The van der Waals surface area contributed by atoms with Crippen molar-refractivity contribution < 1.29 is 5.21 Å². The highest BCUT2D eigenvalue weighted by Gasteiger charge is 2.33. The highest BCUT2D eigenvalue weighted by molar-refractivity contribution is 5.85. The number of oxime groups is 1. The summed E-state index contributed by atoms with van der Waals surface area (Å²) in [6.07, 6.45) is 1.95. The summed E-state index contributed by atoms with van der Waals surface area (Å²) in [5.41, 5.74) is 5.64. The number of nitrogens with two attached hydrogens (primary N) is 1. The summed E-state index contributed by atoms with van der Waals surface area (Å²) in [6.45, 7) is 13.1. The summed E-state index contributed by atoms with van der Waals surface area (Å²) < 4.78 is 0. The van der Waals surface area contributed by atoms with Gasteiger partial charge in [0.15, 0.2) is 0 Å². The first-order valence-electron chi connectivity index (χ1n) is 6.98. The third-order valence-corrected chi connectivity index (χ3v) is 4.31. The molecule has 1 rings (SSSR count). The van der Waals surface area contributed by atoms with Gasteiger partial charge in [-0.25, -0.2) is 0 Å². The first-order chi connectivity index (χ1) is 8.55. The zero-order valence-electron chi connectivity index (χ0n) is 12.0. The van der Waals surface area contributed by atoms with E-state index in [-0.39, 0.29) is 5.41 Å². The molecule has 1 heterocycles. The maximum Gasteiger partial charge on any atom is 0.145 e. The van der Waals surface area contributed by atoms with Gasteiger partial charge in [0.2, 0.25) is 0 Å². The SMILES string of the molecule is CCN(CC)CCN1CCC(C)(C(N)=NO)CC1. The Kier molecular flexibility index (Phi) is 5.88. The molecule has 0 radical (unpaired) electrons. The van der Waals surface area contributed by atoms with Gasteiger partial charge in [-0.1, -0.05) is 25.9 Å². The largest absolute Gasteiger partial charge is 0.409 e. The Bertz CT molecular complexity index is 268. The minimum Gasteiger partial charge on any atom is -0.409 e. The second kappa shape index (κ2) is 6.95. The summed E-state index contributed by atoms with van der Waals surface area (Å²) in [6, 6.07) is 0. The lowest BCUT2D eigenvalue weighted by Gasteiger charge is -2.39. The number of rotatable bonds is 6. The molecule has 1 aliphatic rings. The normalized spacial score (nSPS) is 21.4. The summed E-state index contributed by atoms with van der Waals surface area (Å²) >= 11 is 0. The average Bonchev–Trinajstić information content (AvgIpc) is 2.41. The van der Waals surface area contributed by atoms with E-state index in [1.807, 2.05) is 0 Å². The lowest BCUT2D eigenvalue weighted by atomic mass is 9.79. The highest BCUT2D eigenvalue weighted by Crippen LogP contribution is 2.30. The number of nitrogens with zero attached hydrogens (tertiary/aromatic N) is 3. The Morgan fingerprint density at radius 1 is 1.33 bits per heavy atom. The number of hydrogen-bond donors (Lipinski definition) is 2. The van der Waals surface area contributed by atoms with Crippen molar-refractivity contribution in [2.75, 3.05) is 39.3 Å². The van der Waals surface area contributed by atoms with E-state index in [4.69, 9.17) is 10.9 Å². The lowest BCUT2D eigenvalue weighted by molar-refractivity contribution is 0.141. The first kappa shape index (κ1) is 15.2. The van der Waals surface area contributed by atoms with Crippen LogP contribution in [0, 0.1) is 5.41 Å². The first-order valence-corrected chi connectivity index (χ1v) is 6.98. The van der Waals surface area contributed by atoms with Crippen molar-refractivity contribution in [1.82, 2.24) is 9.80 Å². The Balaban J connectivity index is 2.35. The molecule has 0 aromatic rings. The van der Waals surface area contributed by atoms with Crippen LogP contribution in [-0.4, -0.2) is 60.1 Å². The maximum absolute atomic E-state index is 8.80. The molecule has 0 saturated carbocycles. The molecule has 106 valence electrons. The van der Waals surface area contributed by atoms with E-state index >= 15 is 0 Å². The molecule has 5 heteroatoms. The van der Waals surface area contributed by atoms with Crippen LogP contribution >= 0.6 is 0 Å². The average molecular weight is 256 g/mol. The molecule has 5 nitrogen and oxygen atoms in total. The van der Waals surface area contributed by atoms with Crippen molar-refractivity contribution in [3.8, 4) is 0 Å². The van der Waals surface area contributed by atoms with E-state index < -0.39 is 0 Å². The van der Waals surface area contributed by atoms with Crippen LogP contribution in [0.1, 0.15) is 33.6 Å². The Hall–Kier alpha value is -0.810. The number of hydrogen-bond acceptors (Lipinski definition) is 4. The van der Waals surface area contributed by atoms with Gasteiger partial charge < -0.3 is 20.7 Å². The number of piperidine rings is 1. The zero-order valence-corrected chi connectivity index (χ0v) is 12.0. The molecule has 0 amide bonds. The Morgan fingerprint density at radius 2 is 1.89 bits per heavy atom. The molecule has 3 N–H and O–H groups in total. The van der Waals surface area contributed by atoms with E-state index in [9.17, 15) is 0 Å². The molecule has 0 bridgehead atoms. The molecule has 0 spiro atoms. The second-order valence-electron chi connectivity index (χ2n) is 5.41. The fraction of sp³-hybridized carbons (Fsp3) is 0.923. The van der Waals surface area contributed by atoms with Crippen LogP contribution in [0.25, 0.3) is 0 Å². The number of likely N-dealkylation sites (N-methyl/N-ethyl adjacent to an activating group) is 1. The van der Waals surface area contributed by atoms with Crippen molar-refractivity contribution >= 4 is 5.84 Å². The quantitative estimate of drug-likeness (QED) is 0.324. The Labute approximate surface area is 111 Å². The minimum atomic E-state index is -0.125. The third-order valence-electron chi connectivity index (χ3n) is 4.31. The molecular weight excluding hydrogens is 228 g/mol. The van der Waals surface area contributed by atoms with Crippen LogP contribution in [0.3, 0.4) is 0 Å². The standard InChI is InChI=1S/C13H28N4O/c1-4-16(5-2)10-11-17-8-6-13(3,7-9-17)12(14)15-18/h18H,4-11H2,1-3H3,(H2,14,15). The van der Waals surface area contributed by atoms with E-state index in [0.29, 0.717) is 5.84 Å². The van der Waals surface area contributed by atoms with Crippen molar-refractivity contribution in [2.24, 2.45) is 16.3 Å². The molecule has 0 aromatic heterocycles. The van der Waals surface area contributed by atoms with Gasteiger partial charge in [0.25, 0.3) is 0 Å². The lowest BCUT2D eigenvalue weighted by Crippen LogP contribution is -2.47. The molecule has 0 aromatic carbocycles. The molecule has 0 atom stereocenters. The van der Waals surface area contributed by atoms with Gasteiger partial charge in [-0.3, -0.25) is 0 Å². The molecule has 0 unspecified atom stereocenters. The van der Waals surface area contributed by atoms with Crippen LogP contribution in [-0.2, 0) is 0 Å². The van der Waals surface area contributed by atoms with Gasteiger partial charge in [-0.2, -0.15) is 0 Å². The van der Waals surface area contributed by atoms with Crippen molar-refractivity contribution in [3.63, 3.8) is 0 Å². The van der Waals surface area contributed by atoms with Gasteiger partial charge in [0, 0.05) is 18.5 Å².